The molecule has 1 unspecified atom stereocenters. The first-order valence-electron chi connectivity index (χ1n) is 15.2. The molecular formula is C35H36N6O4. The number of hydrogen-bond acceptors (Lipinski definition) is 8. The third kappa shape index (κ3) is 5.64. The number of nitrogens with zero attached hydrogens (tertiary/aromatic N) is 5. The largest absolute Gasteiger partial charge is 0.493 e. The van der Waals surface area contributed by atoms with Crippen LogP contribution < -0.4 is 10.2 Å². The van der Waals surface area contributed by atoms with Crippen LogP contribution in [-0.2, 0) is 31.2 Å². The number of ether oxygens (including phenoxy) is 2. The molecule has 4 bridgehead atoms. The molecule has 4 heterocycles. The van der Waals surface area contributed by atoms with Gasteiger partial charge in [0, 0.05) is 33.1 Å². The minimum absolute atomic E-state index is 0.0127. The van der Waals surface area contributed by atoms with Crippen molar-refractivity contribution in [1.29, 1.82) is 0 Å². The Bertz CT molecular complexity index is 1890. The van der Waals surface area contributed by atoms with Crippen molar-refractivity contribution in [1.82, 2.24) is 25.0 Å². The Balaban J connectivity index is 1.21. The van der Waals surface area contributed by atoms with Crippen molar-refractivity contribution in [3.05, 3.63) is 118 Å². The number of carbonyl (C=O) groups is 1. The summed E-state index contributed by atoms with van der Waals surface area (Å²) in [6.07, 6.45) is 8.45. The number of aromatic carboxylic acids is 1. The van der Waals surface area contributed by atoms with Crippen molar-refractivity contribution in [2.24, 2.45) is 12.1 Å². The molecule has 45 heavy (non-hydrogen) atoms. The van der Waals surface area contributed by atoms with Gasteiger partial charge in [0.05, 0.1) is 41.5 Å². The fourth-order valence-corrected chi connectivity index (χ4v) is 6.22. The lowest BCUT2D eigenvalue weighted by atomic mass is 9.98. The van der Waals surface area contributed by atoms with E-state index in [0.29, 0.717) is 26.2 Å². The molecule has 4 aromatic rings. The van der Waals surface area contributed by atoms with Gasteiger partial charge in [-0.05, 0) is 71.5 Å². The zero-order valence-corrected chi connectivity index (χ0v) is 25.7. The first kappa shape index (κ1) is 28.7. The standard InChI is InChI=1S/C35H36N6O4/c1-39-31-17-26(35(42)43)13-14-28(31)37-33(39)19-25-11-10-24-18-32(25)44-15-5-6-22-16-23(29-20-36-41(3)38-29)9-12-27(22)21-45-34-8-4-7-30(24)40(34)2/h4,7-14,16-18,30,36H,5-6,15,19-21H2,1-3H3,(H,42,43). The van der Waals surface area contributed by atoms with Crippen LogP contribution in [-0.4, -0.2) is 63.6 Å². The Kier molecular flexibility index (Phi) is 7.50. The summed E-state index contributed by atoms with van der Waals surface area (Å²) < 4.78 is 14.9. The molecule has 0 aliphatic carbocycles. The summed E-state index contributed by atoms with van der Waals surface area (Å²) in [5.74, 6) is 1.52. The van der Waals surface area contributed by atoms with Gasteiger partial charge in [-0.25, -0.2) is 20.3 Å². The first-order chi connectivity index (χ1) is 21.8. The average Bonchev–Trinajstić information content (AvgIpc) is 3.61. The van der Waals surface area contributed by atoms with E-state index in [9.17, 15) is 9.90 Å². The lowest BCUT2D eigenvalue weighted by Gasteiger charge is -2.32. The van der Waals surface area contributed by atoms with Gasteiger partial charge in [-0.15, -0.1) is 0 Å². The molecule has 1 aromatic heterocycles. The lowest BCUT2D eigenvalue weighted by molar-refractivity contribution is 0.0697. The maximum Gasteiger partial charge on any atom is 0.335 e. The van der Waals surface area contributed by atoms with Crippen LogP contribution in [0.25, 0.3) is 11.0 Å². The van der Waals surface area contributed by atoms with Crippen LogP contribution in [0.15, 0.2) is 83.8 Å². The van der Waals surface area contributed by atoms with Crippen molar-refractivity contribution in [2.75, 3.05) is 27.2 Å². The van der Waals surface area contributed by atoms with Gasteiger partial charge in [0.25, 0.3) is 0 Å². The van der Waals surface area contributed by atoms with Crippen LogP contribution in [0.3, 0.4) is 0 Å². The molecule has 3 aliphatic rings. The van der Waals surface area contributed by atoms with E-state index >= 15 is 0 Å². The van der Waals surface area contributed by atoms with Crippen molar-refractivity contribution in [3.63, 3.8) is 0 Å². The van der Waals surface area contributed by atoms with Crippen LogP contribution in [0.2, 0.25) is 0 Å². The molecule has 230 valence electrons. The molecule has 1 atom stereocenters. The monoisotopic (exact) mass is 604 g/mol. The smallest absolute Gasteiger partial charge is 0.335 e. The summed E-state index contributed by atoms with van der Waals surface area (Å²) in [7, 11) is 5.88. The number of carboxylic acid groups (broad SMARTS) is 1. The summed E-state index contributed by atoms with van der Waals surface area (Å²) in [5, 5.41) is 15.8. The van der Waals surface area contributed by atoms with Gasteiger partial charge in [-0.2, -0.15) is 5.10 Å². The van der Waals surface area contributed by atoms with Crippen LogP contribution in [0, 0.1) is 0 Å². The number of likely N-dealkylation sites (N-methyl/N-ethyl adjacent to an activating group) is 1. The van der Waals surface area contributed by atoms with E-state index in [1.807, 2.05) is 24.7 Å². The molecule has 7 rings (SSSR count). The Morgan fingerprint density at radius 1 is 1.04 bits per heavy atom. The SMILES string of the molecule is CN1N=C(c2ccc3c(c2)CCCOc2cc(ccc2Cc2nc4ccc(C(=O)O)cc4n2C)C2C=CC=C(OC3)N2C)CN1. The van der Waals surface area contributed by atoms with E-state index in [4.69, 9.17) is 14.5 Å². The molecule has 3 aliphatic heterocycles. The van der Waals surface area contributed by atoms with Crippen LogP contribution >= 0.6 is 0 Å². The lowest BCUT2D eigenvalue weighted by Crippen LogP contribution is -2.26. The highest BCUT2D eigenvalue weighted by atomic mass is 16.5. The number of fused-ring (bicyclic) bond motifs is 7. The summed E-state index contributed by atoms with van der Waals surface area (Å²) in [4.78, 5) is 18.5. The second kappa shape index (κ2) is 11.8. The zero-order valence-electron chi connectivity index (χ0n) is 25.7. The second-order valence-electron chi connectivity index (χ2n) is 11.7. The minimum atomic E-state index is -0.952. The molecule has 2 N–H and O–H groups in total. The normalized spacial score (nSPS) is 18.1. The maximum atomic E-state index is 11.6. The average molecular weight is 605 g/mol. The third-order valence-corrected chi connectivity index (χ3v) is 8.81. The summed E-state index contributed by atoms with van der Waals surface area (Å²) in [6, 6.07) is 17.9. The predicted molar refractivity (Wildman–Crippen MR) is 172 cm³/mol. The summed E-state index contributed by atoms with van der Waals surface area (Å²) in [5.41, 5.74) is 11.7. The number of allylic oxidation sites excluding steroid dienone is 2. The number of carboxylic acids is 1. The molecule has 0 amide bonds. The Hall–Kier alpha value is -5.09. The molecule has 0 fully saturated rings. The molecule has 10 heteroatoms. The van der Waals surface area contributed by atoms with Gasteiger partial charge in [0.15, 0.2) is 5.88 Å². The van der Waals surface area contributed by atoms with Gasteiger partial charge < -0.3 is 24.0 Å². The number of hydrazine groups is 1. The quantitative estimate of drug-likeness (QED) is 0.338. The van der Waals surface area contributed by atoms with Crippen LogP contribution in [0.4, 0.5) is 0 Å². The molecular weight excluding hydrogens is 568 g/mol. The Labute approximate surface area is 261 Å². The number of aromatic nitrogens is 2. The fourth-order valence-electron chi connectivity index (χ4n) is 6.22. The maximum absolute atomic E-state index is 11.6. The molecule has 0 radical (unpaired) electrons. The number of imidazole rings is 1. The van der Waals surface area contributed by atoms with E-state index in [1.54, 1.807) is 23.3 Å². The topological polar surface area (TPSA) is 104 Å². The van der Waals surface area contributed by atoms with Gasteiger partial charge in [-0.3, -0.25) is 0 Å². The molecule has 0 saturated heterocycles. The molecule has 10 nitrogen and oxygen atoms in total. The van der Waals surface area contributed by atoms with Crippen LogP contribution in [0.5, 0.6) is 5.75 Å². The van der Waals surface area contributed by atoms with E-state index in [-0.39, 0.29) is 11.6 Å². The highest BCUT2D eigenvalue weighted by Crippen LogP contribution is 2.34. The highest BCUT2D eigenvalue weighted by molar-refractivity contribution is 6.02. The van der Waals surface area contributed by atoms with Gasteiger partial charge in [0.1, 0.15) is 18.2 Å². The van der Waals surface area contributed by atoms with Crippen LogP contribution in [0.1, 0.15) is 56.5 Å². The second-order valence-corrected chi connectivity index (χ2v) is 11.7. The molecule has 3 aromatic carbocycles. The zero-order chi connectivity index (χ0) is 31.1. The Morgan fingerprint density at radius 2 is 1.93 bits per heavy atom. The minimum Gasteiger partial charge on any atom is -0.493 e. The summed E-state index contributed by atoms with van der Waals surface area (Å²) in [6.45, 7) is 1.73. The molecule has 0 spiro atoms. The van der Waals surface area contributed by atoms with Gasteiger partial charge in [0.2, 0.25) is 0 Å². The van der Waals surface area contributed by atoms with Crippen molar-refractivity contribution >= 4 is 22.7 Å². The summed E-state index contributed by atoms with van der Waals surface area (Å²) >= 11 is 0. The first-order valence-corrected chi connectivity index (χ1v) is 15.2. The number of hydrazone groups is 1. The number of nitrogens with one attached hydrogen (secondary N) is 1. The highest BCUT2D eigenvalue weighted by Gasteiger charge is 2.23. The molecule has 0 saturated carbocycles. The van der Waals surface area contributed by atoms with Crippen molar-refractivity contribution in [2.45, 2.75) is 31.9 Å². The predicted octanol–water partition coefficient (Wildman–Crippen LogP) is 4.94. The van der Waals surface area contributed by atoms with Crippen molar-refractivity contribution in [3.8, 4) is 5.75 Å². The van der Waals surface area contributed by atoms with E-state index in [0.717, 1.165) is 69.3 Å². The number of benzene rings is 3. The number of aryl methyl sites for hydroxylation is 2. The third-order valence-electron chi connectivity index (χ3n) is 8.81. The van der Waals surface area contributed by atoms with E-state index < -0.39 is 5.97 Å². The Morgan fingerprint density at radius 3 is 2.76 bits per heavy atom. The number of hydrogen-bond donors (Lipinski definition) is 2. The van der Waals surface area contributed by atoms with E-state index in [2.05, 4.69) is 71.0 Å². The van der Waals surface area contributed by atoms with Gasteiger partial charge in [-0.1, -0.05) is 36.4 Å². The van der Waals surface area contributed by atoms with Crippen molar-refractivity contribution < 1.29 is 19.4 Å². The number of rotatable bonds is 4. The fraction of sp³-hybridized carbons (Fsp3) is 0.286. The van der Waals surface area contributed by atoms with E-state index in [1.165, 1.54) is 5.56 Å². The van der Waals surface area contributed by atoms with Gasteiger partial charge >= 0.3 is 5.97 Å².